The molecular weight excluding hydrogens is 272 g/mol. The molecule has 1 saturated heterocycles. The number of likely N-dealkylation sites (tertiary alicyclic amines) is 1. The van der Waals surface area contributed by atoms with Gasteiger partial charge < -0.3 is 10.6 Å². The average Bonchev–Trinajstić information content (AvgIpc) is 2.47. The SMILES string of the molecule is CCCC1CCCCN1C(=O)c1ccc(CN)cc1.Cl. The Hall–Kier alpha value is -1.06. The summed E-state index contributed by atoms with van der Waals surface area (Å²) in [6.45, 7) is 3.62. The Kier molecular flexibility index (Phi) is 7.03. The quantitative estimate of drug-likeness (QED) is 0.926. The highest BCUT2D eigenvalue weighted by Crippen LogP contribution is 2.23. The van der Waals surface area contributed by atoms with Crippen LogP contribution in [0.5, 0.6) is 0 Å². The van der Waals surface area contributed by atoms with Crippen LogP contribution < -0.4 is 5.73 Å². The summed E-state index contributed by atoms with van der Waals surface area (Å²) in [5.74, 6) is 0.182. The van der Waals surface area contributed by atoms with Gasteiger partial charge in [-0.3, -0.25) is 4.79 Å². The lowest BCUT2D eigenvalue weighted by Gasteiger charge is -2.36. The molecule has 0 aliphatic carbocycles. The maximum absolute atomic E-state index is 12.6. The van der Waals surface area contributed by atoms with Crippen LogP contribution >= 0.6 is 12.4 Å². The van der Waals surface area contributed by atoms with E-state index in [2.05, 4.69) is 11.8 Å². The van der Waals surface area contributed by atoms with E-state index in [4.69, 9.17) is 5.73 Å². The van der Waals surface area contributed by atoms with Gasteiger partial charge in [0.1, 0.15) is 0 Å². The lowest BCUT2D eigenvalue weighted by molar-refractivity contribution is 0.0600. The maximum Gasteiger partial charge on any atom is 0.254 e. The van der Waals surface area contributed by atoms with E-state index in [9.17, 15) is 4.79 Å². The Morgan fingerprint density at radius 1 is 1.30 bits per heavy atom. The van der Waals surface area contributed by atoms with Gasteiger partial charge in [-0.1, -0.05) is 25.5 Å². The monoisotopic (exact) mass is 296 g/mol. The Bertz CT molecular complexity index is 417. The number of piperidine rings is 1. The zero-order valence-corrected chi connectivity index (χ0v) is 13.0. The minimum Gasteiger partial charge on any atom is -0.336 e. The molecule has 112 valence electrons. The standard InChI is InChI=1S/C16H24N2O.ClH/c1-2-5-15-6-3-4-11-18(15)16(19)14-9-7-13(12-17)8-10-14;/h7-10,15H,2-6,11-12,17H2,1H3;1H. The number of halogens is 1. The smallest absolute Gasteiger partial charge is 0.254 e. The van der Waals surface area contributed by atoms with Crippen molar-refractivity contribution in [1.29, 1.82) is 0 Å². The number of nitrogens with zero attached hydrogens (tertiary/aromatic N) is 1. The molecule has 0 radical (unpaired) electrons. The van der Waals surface area contributed by atoms with Gasteiger partial charge in [-0.25, -0.2) is 0 Å². The van der Waals surface area contributed by atoms with E-state index >= 15 is 0 Å². The Labute approximate surface area is 127 Å². The van der Waals surface area contributed by atoms with Crippen molar-refractivity contribution in [3.8, 4) is 0 Å². The third kappa shape index (κ3) is 3.97. The topological polar surface area (TPSA) is 46.3 Å². The zero-order chi connectivity index (χ0) is 13.7. The lowest BCUT2D eigenvalue weighted by atomic mass is 9.97. The van der Waals surface area contributed by atoms with E-state index < -0.39 is 0 Å². The summed E-state index contributed by atoms with van der Waals surface area (Å²) in [7, 11) is 0. The predicted molar refractivity (Wildman–Crippen MR) is 85.2 cm³/mol. The van der Waals surface area contributed by atoms with Crippen molar-refractivity contribution in [3.63, 3.8) is 0 Å². The van der Waals surface area contributed by atoms with Crippen LogP contribution in [0.25, 0.3) is 0 Å². The largest absolute Gasteiger partial charge is 0.336 e. The number of nitrogens with two attached hydrogens (primary N) is 1. The van der Waals surface area contributed by atoms with E-state index in [0.717, 1.165) is 43.4 Å². The van der Waals surface area contributed by atoms with Crippen LogP contribution in [-0.2, 0) is 6.54 Å². The van der Waals surface area contributed by atoms with Crippen LogP contribution in [0, 0.1) is 0 Å². The van der Waals surface area contributed by atoms with Gasteiger partial charge in [0.25, 0.3) is 5.91 Å². The van der Waals surface area contributed by atoms with Gasteiger partial charge in [-0.15, -0.1) is 12.4 Å². The minimum atomic E-state index is 0. The second-order valence-electron chi connectivity index (χ2n) is 5.34. The molecule has 1 fully saturated rings. The highest BCUT2D eigenvalue weighted by molar-refractivity contribution is 5.94. The zero-order valence-electron chi connectivity index (χ0n) is 12.2. The van der Waals surface area contributed by atoms with Crippen LogP contribution in [0.4, 0.5) is 0 Å². The van der Waals surface area contributed by atoms with Crippen LogP contribution in [0.2, 0.25) is 0 Å². The number of hydrogen-bond donors (Lipinski definition) is 1. The van der Waals surface area contributed by atoms with Gasteiger partial charge in [0.15, 0.2) is 0 Å². The van der Waals surface area contributed by atoms with Crippen molar-refractivity contribution < 1.29 is 4.79 Å². The van der Waals surface area contributed by atoms with Gasteiger partial charge in [-0.2, -0.15) is 0 Å². The second-order valence-corrected chi connectivity index (χ2v) is 5.34. The van der Waals surface area contributed by atoms with Crippen LogP contribution in [0.3, 0.4) is 0 Å². The van der Waals surface area contributed by atoms with Gasteiger partial charge in [0.05, 0.1) is 0 Å². The molecule has 1 amide bonds. The number of benzene rings is 1. The van der Waals surface area contributed by atoms with E-state index in [1.165, 1.54) is 6.42 Å². The average molecular weight is 297 g/mol. The molecule has 2 N–H and O–H groups in total. The molecular formula is C16H25ClN2O. The van der Waals surface area contributed by atoms with Crippen LogP contribution in [0.15, 0.2) is 24.3 Å². The number of carbonyl (C=O) groups is 1. The summed E-state index contributed by atoms with van der Waals surface area (Å²) in [5.41, 5.74) is 7.45. The summed E-state index contributed by atoms with van der Waals surface area (Å²) >= 11 is 0. The molecule has 1 atom stereocenters. The number of hydrogen-bond acceptors (Lipinski definition) is 2. The van der Waals surface area contributed by atoms with Gasteiger partial charge >= 0.3 is 0 Å². The van der Waals surface area contributed by atoms with Crippen LogP contribution in [-0.4, -0.2) is 23.4 Å². The van der Waals surface area contributed by atoms with E-state index in [1.54, 1.807) is 0 Å². The maximum atomic E-state index is 12.6. The van der Waals surface area contributed by atoms with E-state index in [0.29, 0.717) is 12.6 Å². The lowest BCUT2D eigenvalue weighted by Crippen LogP contribution is -2.43. The molecule has 1 aliphatic heterocycles. The fourth-order valence-electron chi connectivity index (χ4n) is 2.85. The fraction of sp³-hybridized carbons (Fsp3) is 0.562. The molecule has 1 heterocycles. The van der Waals surface area contributed by atoms with Crippen molar-refractivity contribution in [2.75, 3.05) is 6.54 Å². The van der Waals surface area contributed by atoms with Crippen molar-refractivity contribution in [1.82, 2.24) is 4.90 Å². The summed E-state index contributed by atoms with van der Waals surface area (Å²) in [4.78, 5) is 14.7. The summed E-state index contributed by atoms with van der Waals surface area (Å²) in [6, 6.07) is 8.14. The Balaban J connectivity index is 0.00000200. The third-order valence-electron chi connectivity index (χ3n) is 3.95. The highest BCUT2D eigenvalue weighted by Gasteiger charge is 2.26. The van der Waals surface area contributed by atoms with Gasteiger partial charge in [0.2, 0.25) is 0 Å². The molecule has 0 spiro atoms. The van der Waals surface area contributed by atoms with Gasteiger partial charge in [-0.05, 0) is 43.4 Å². The highest BCUT2D eigenvalue weighted by atomic mass is 35.5. The number of rotatable bonds is 4. The molecule has 0 aromatic heterocycles. The first-order valence-corrected chi connectivity index (χ1v) is 7.36. The third-order valence-corrected chi connectivity index (χ3v) is 3.95. The summed E-state index contributed by atoms with van der Waals surface area (Å²) < 4.78 is 0. The molecule has 4 heteroatoms. The molecule has 0 bridgehead atoms. The Morgan fingerprint density at radius 3 is 2.60 bits per heavy atom. The van der Waals surface area contributed by atoms with Crippen molar-refractivity contribution in [3.05, 3.63) is 35.4 Å². The van der Waals surface area contributed by atoms with Crippen molar-refractivity contribution >= 4 is 18.3 Å². The van der Waals surface area contributed by atoms with Crippen molar-refractivity contribution in [2.24, 2.45) is 5.73 Å². The minimum absolute atomic E-state index is 0. The van der Waals surface area contributed by atoms with E-state index in [-0.39, 0.29) is 18.3 Å². The molecule has 1 aliphatic rings. The number of carbonyl (C=O) groups excluding carboxylic acids is 1. The van der Waals surface area contributed by atoms with E-state index in [1.807, 2.05) is 24.3 Å². The normalized spacial score (nSPS) is 18.5. The molecule has 0 saturated carbocycles. The van der Waals surface area contributed by atoms with Crippen LogP contribution in [0.1, 0.15) is 54.9 Å². The second kappa shape index (κ2) is 8.28. The van der Waals surface area contributed by atoms with Crippen molar-refractivity contribution in [2.45, 2.75) is 51.6 Å². The molecule has 2 rings (SSSR count). The summed E-state index contributed by atoms with van der Waals surface area (Å²) in [5, 5.41) is 0. The first-order valence-electron chi connectivity index (χ1n) is 7.36. The first kappa shape index (κ1) is 17.0. The molecule has 1 unspecified atom stereocenters. The number of amides is 1. The molecule has 1 aromatic carbocycles. The Morgan fingerprint density at radius 2 is 2.00 bits per heavy atom. The fourth-order valence-corrected chi connectivity index (χ4v) is 2.85. The first-order chi connectivity index (χ1) is 9.26. The molecule has 1 aromatic rings. The molecule has 3 nitrogen and oxygen atoms in total. The molecule has 20 heavy (non-hydrogen) atoms. The predicted octanol–water partition coefficient (Wildman–Crippen LogP) is 3.36. The summed E-state index contributed by atoms with van der Waals surface area (Å²) in [6.07, 6.45) is 5.79. The van der Waals surface area contributed by atoms with Gasteiger partial charge in [0, 0.05) is 24.7 Å².